The van der Waals surface area contributed by atoms with Crippen LogP contribution in [0.25, 0.3) is 0 Å². The number of hydrogen-bond donors (Lipinski definition) is 2. The highest BCUT2D eigenvalue weighted by Gasteiger charge is 2.39. The van der Waals surface area contributed by atoms with Crippen molar-refractivity contribution >= 4 is 18.6 Å². The Hall–Kier alpha value is -1.44. The van der Waals surface area contributed by atoms with Crippen LogP contribution >= 0.6 is 0 Å². The summed E-state index contributed by atoms with van der Waals surface area (Å²) in [6, 6.07) is 1.45. The molecule has 0 unspecified atom stereocenters. The average Bonchev–Trinajstić information content (AvgIpc) is 2.37. The van der Waals surface area contributed by atoms with Crippen LogP contribution in [0.4, 0.5) is 0 Å². The van der Waals surface area contributed by atoms with Gasteiger partial charge in [0.05, 0.1) is 23.4 Å². The van der Waals surface area contributed by atoms with Crippen LogP contribution in [0.1, 0.15) is 45.0 Å². The van der Waals surface area contributed by atoms with Crippen LogP contribution in [0.2, 0.25) is 0 Å². The van der Waals surface area contributed by atoms with Gasteiger partial charge in [0.1, 0.15) is 0 Å². The van der Waals surface area contributed by atoms with Crippen molar-refractivity contribution in [3.8, 4) is 0 Å². The smallest absolute Gasteiger partial charge is 0.462 e. The monoisotopic (exact) mass is 295 g/mol. The van der Waals surface area contributed by atoms with Gasteiger partial charge >= 0.3 is 13.1 Å². The lowest BCUT2D eigenvalue weighted by molar-refractivity contribution is -0.0982. The maximum Gasteiger partial charge on any atom is 0.493 e. The molecule has 0 saturated carbocycles. The first-order valence-corrected chi connectivity index (χ1v) is 6.79. The van der Waals surface area contributed by atoms with Crippen LogP contribution in [0, 0.1) is 0 Å². The van der Waals surface area contributed by atoms with Crippen LogP contribution in [-0.2, 0) is 9.39 Å². The van der Waals surface area contributed by atoms with E-state index in [0.717, 1.165) is 0 Å². The number of aliphatic hydroxyl groups is 1. The first kappa shape index (κ1) is 17.6. The number of ether oxygens (including phenoxy) is 1. The molecule has 1 rings (SSSR count). The van der Waals surface area contributed by atoms with E-state index in [-0.39, 0.29) is 12.2 Å². The molecule has 116 valence electrons. The minimum absolute atomic E-state index is 0.234. The van der Waals surface area contributed by atoms with Gasteiger partial charge in [0.2, 0.25) is 0 Å². The van der Waals surface area contributed by atoms with E-state index in [1.165, 1.54) is 18.5 Å². The number of carbonyl (C=O) groups is 1. The number of rotatable bonds is 6. The van der Waals surface area contributed by atoms with E-state index in [1.54, 1.807) is 34.6 Å². The molecule has 0 aromatic carbocycles. The Bertz CT molecular complexity index is 498. The zero-order valence-electron chi connectivity index (χ0n) is 13.1. The molecule has 0 spiro atoms. The quantitative estimate of drug-likeness (QED) is 0.587. The second kappa shape index (κ2) is 6.55. The van der Waals surface area contributed by atoms with Crippen LogP contribution in [-0.4, -0.2) is 46.0 Å². The Balaban J connectivity index is 2.91. The maximum absolute atomic E-state index is 11.6. The van der Waals surface area contributed by atoms with Gasteiger partial charge in [-0.3, -0.25) is 4.98 Å². The van der Waals surface area contributed by atoms with Crippen molar-refractivity contribution < 1.29 is 24.3 Å². The molecule has 1 aromatic rings. The van der Waals surface area contributed by atoms with Gasteiger partial charge in [-0.25, -0.2) is 4.79 Å². The second-order valence-corrected chi connectivity index (χ2v) is 5.77. The Labute approximate surface area is 125 Å². The highest BCUT2D eigenvalue weighted by atomic mass is 16.5. The second-order valence-electron chi connectivity index (χ2n) is 5.77. The van der Waals surface area contributed by atoms with Gasteiger partial charge in [0.15, 0.2) is 0 Å². The number of carbonyl (C=O) groups excluding carboxylic acids is 1. The molecule has 0 amide bonds. The third kappa shape index (κ3) is 4.52. The molecule has 0 aliphatic heterocycles. The van der Waals surface area contributed by atoms with Crippen molar-refractivity contribution in [2.75, 3.05) is 6.61 Å². The molecule has 6 nitrogen and oxygen atoms in total. The Morgan fingerprint density at radius 3 is 2.48 bits per heavy atom. The Morgan fingerprint density at radius 1 is 1.33 bits per heavy atom. The third-order valence-corrected chi connectivity index (χ3v) is 3.44. The maximum atomic E-state index is 11.6. The zero-order chi connectivity index (χ0) is 16.3. The van der Waals surface area contributed by atoms with Crippen LogP contribution < -0.4 is 5.46 Å². The minimum atomic E-state index is -1.31. The molecule has 1 aromatic heterocycles. The van der Waals surface area contributed by atoms with Crippen molar-refractivity contribution in [3.05, 3.63) is 24.0 Å². The minimum Gasteiger partial charge on any atom is -0.462 e. The summed E-state index contributed by atoms with van der Waals surface area (Å²) in [7, 11) is -1.31. The number of nitrogens with zero attached hydrogens (tertiary/aromatic N) is 1. The summed E-state index contributed by atoms with van der Waals surface area (Å²) in [5.41, 5.74) is -1.59. The summed E-state index contributed by atoms with van der Waals surface area (Å²) in [5, 5.41) is 20.2. The third-order valence-electron chi connectivity index (χ3n) is 3.44. The van der Waals surface area contributed by atoms with Gasteiger partial charge in [-0.1, -0.05) is 0 Å². The first-order chi connectivity index (χ1) is 9.58. The summed E-state index contributed by atoms with van der Waals surface area (Å²) in [6.07, 6.45) is 2.75. The van der Waals surface area contributed by atoms with E-state index in [0.29, 0.717) is 5.46 Å². The lowest BCUT2D eigenvalue weighted by Gasteiger charge is -2.38. The Kier molecular flexibility index (Phi) is 5.50. The van der Waals surface area contributed by atoms with Crippen molar-refractivity contribution in [2.45, 2.75) is 45.8 Å². The molecule has 2 N–H and O–H groups in total. The molecule has 7 heteroatoms. The lowest BCUT2D eigenvalue weighted by atomic mass is 9.77. The van der Waals surface area contributed by atoms with Crippen molar-refractivity contribution in [1.29, 1.82) is 0 Å². The normalized spacial score (nSPS) is 12.1. The summed E-state index contributed by atoms with van der Waals surface area (Å²) < 4.78 is 10.4. The largest absolute Gasteiger partial charge is 0.493 e. The standard InChI is InChI=1S/C14H22BNO5/c1-6-20-12(17)10-7-11(9-16-8-10)15(19)21-14(4,5)13(2,3)18/h7-9,18-19H,6H2,1-5H3. The fourth-order valence-corrected chi connectivity index (χ4v) is 1.41. The summed E-state index contributed by atoms with van der Waals surface area (Å²) in [5.74, 6) is -0.513. The van der Waals surface area contributed by atoms with Crippen LogP contribution in [0.15, 0.2) is 18.5 Å². The first-order valence-electron chi connectivity index (χ1n) is 6.79. The summed E-state index contributed by atoms with van der Waals surface area (Å²) in [6.45, 7) is 8.48. The number of aromatic nitrogens is 1. The molecule has 0 radical (unpaired) electrons. The summed E-state index contributed by atoms with van der Waals surface area (Å²) in [4.78, 5) is 15.5. The molecule has 0 aliphatic carbocycles. The van der Waals surface area contributed by atoms with Gasteiger partial charge in [-0.05, 0) is 40.7 Å². The summed E-state index contributed by atoms with van der Waals surface area (Å²) >= 11 is 0. The topological polar surface area (TPSA) is 88.9 Å². The van der Waals surface area contributed by atoms with Gasteiger partial charge in [-0.2, -0.15) is 0 Å². The molecule has 0 atom stereocenters. The van der Waals surface area contributed by atoms with Crippen molar-refractivity contribution in [2.24, 2.45) is 0 Å². The van der Waals surface area contributed by atoms with E-state index >= 15 is 0 Å². The van der Waals surface area contributed by atoms with E-state index in [2.05, 4.69) is 4.98 Å². The molecule has 1 heterocycles. The highest BCUT2D eigenvalue weighted by Crippen LogP contribution is 2.25. The predicted octanol–water partition coefficient (Wildman–Crippen LogP) is 0.512. The van der Waals surface area contributed by atoms with E-state index < -0.39 is 24.3 Å². The molecular formula is C14H22BNO5. The molecule has 21 heavy (non-hydrogen) atoms. The average molecular weight is 295 g/mol. The van der Waals surface area contributed by atoms with Gasteiger partial charge in [-0.15, -0.1) is 0 Å². The van der Waals surface area contributed by atoms with Crippen LogP contribution in [0.3, 0.4) is 0 Å². The van der Waals surface area contributed by atoms with Crippen molar-refractivity contribution in [3.63, 3.8) is 0 Å². The van der Waals surface area contributed by atoms with E-state index in [9.17, 15) is 14.9 Å². The molecule has 0 fully saturated rings. The van der Waals surface area contributed by atoms with Crippen molar-refractivity contribution in [1.82, 2.24) is 4.98 Å². The molecule has 0 bridgehead atoms. The zero-order valence-corrected chi connectivity index (χ0v) is 13.1. The highest BCUT2D eigenvalue weighted by molar-refractivity contribution is 6.60. The van der Waals surface area contributed by atoms with E-state index in [1.807, 2.05) is 0 Å². The van der Waals surface area contributed by atoms with Crippen LogP contribution in [0.5, 0.6) is 0 Å². The Morgan fingerprint density at radius 2 is 1.95 bits per heavy atom. The van der Waals surface area contributed by atoms with Gasteiger partial charge in [0, 0.05) is 17.9 Å². The fraction of sp³-hybridized carbons (Fsp3) is 0.571. The predicted molar refractivity (Wildman–Crippen MR) is 79.3 cm³/mol. The van der Waals surface area contributed by atoms with Gasteiger partial charge < -0.3 is 19.5 Å². The number of pyridine rings is 1. The van der Waals surface area contributed by atoms with E-state index in [4.69, 9.17) is 9.39 Å². The lowest BCUT2D eigenvalue weighted by Crippen LogP contribution is -2.53. The number of esters is 1. The molecule has 0 aliphatic rings. The molecular weight excluding hydrogens is 273 g/mol. The fourth-order valence-electron chi connectivity index (χ4n) is 1.41. The SMILES string of the molecule is CCOC(=O)c1cncc(B(O)OC(C)(C)C(C)(C)O)c1. The molecule has 0 saturated heterocycles. The van der Waals surface area contributed by atoms with Gasteiger partial charge in [0.25, 0.3) is 0 Å². The number of hydrogen-bond acceptors (Lipinski definition) is 6.